The number of benzene rings is 2. The maximum atomic E-state index is 5.98. The Morgan fingerprint density at radius 1 is 1.05 bits per heavy atom. The normalized spacial score (nSPS) is 10.8. The Kier molecular flexibility index (Phi) is 3.57. The first kappa shape index (κ1) is 13.9. The van der Waals surface area contributed by atoms with Gasteiger partial charge in [-0.2, -0.15) is 4.98 Å². The Morgan fingerprint density at radius 2 is 1.76 bits per heavy atom. The van der Waals surface area contributed by atoms with Crippen molar-refractivity contribution in [3.05, 3.63) is 52.0 Å². The molecule has 1 aromatic heterocycles. The third-order valence-electron chi connectivity index (χ3n) is 2.99. The minimum absolute atomic E-state index is 0.363. The second-order valence-corrected chi connectivity index (χ2v) is 5.54. The Morgan fingerprint density at radius 3 is 2.48 bits per heavy atom. The SMILES string of the molecule is Cc1ccc(N)c(-c2nc(-c3cc(Cl)cc(Cl)c3)no2)c1. The lowest BCUT2D eigenvalue weighted by molar-refractivity contribution is 0.432. The van der Waals surface area contributed by atoms with Gasteiger partial charge in [-0.15, -0.1) is 0 Å². The monoisotopic (exact) mass is 319 g/mol. The molecule has 0 aliphatic rings. The van der Waals surface area contributed by atoms with Crippen LogP contribution in [0.25, 0.3) is 22.8 Å². The van der Waals surface area contributed by atoms with Crippen molar-refractivity contribution in [3.8, 4) is 22.8 Å². The van der Waals surface area contributed by atoms with Crippen LogP contribution in [-0.4, -0.2) is 10.1 Å². The molecule has 2 aromatic carbocycles. The topological polar surface area (TPSA) is 64.9 Å². The molecule has 0 aliphatic heterocycles. The van der Waals surface area contributed by atoms with Crippen LogP contribution < -0.4 is 5.73 Å². The molecule has 21 heavy (non-hydrogen) atoms. The molecule has 0 unspecified atom stereocenters. The summed E-state index contributed by atoms with van der Waals surface area (Å²) in [7, 11) is 0. The zero-order valence-corrected chi connectivity index (χ0v) is 12.6. The van der Waals surface area contributed by atoms with Crippen LogP contribution in [0, 0.1) is 6.92 Å². The van der Waals surface area contributed by atoms with Crippen molar-refractivity contribution in [1.29, 1.82) is 0 Å². The Bertz CT molecular complexity index is 794. The van der Waals surface area contributed by atoms with Crippen LogP contribution in [0.15, 0.2) is 40.9 Å². The molecule has 3 rings (SSSR count). The van der Waals surface area contributed by atoms with Crippen LogP contribution in [0.2, 0.25) is 10.0 Å². The summed E-state index contributed by atoms with van der Waals surface area (Å²) in [6.45, 7) is 1.97. The smallest absolute Gasteiger partial charge is 0.260 e. The number of hydrogen-bond acceptors (Lipinski definition) is 4. The van der Waals surface area contributed by atoms with Crippen LogP contribution in [0.4, 0.5) is 5.69 Å². The van der Waals surface area contributed by atoms with Crippen LogP contribution in [0.3, 0.4) is 0 Å². The standard InChI is InChI=1S/C15H11Cl2N3O/c1-8-2-3-13(18)12(4-8)15-19-14(20-21-15)9-5-10(16)7-11(17)6-9/h2-7H,18H2,1H3. The number of nitrogen functional groups attached to an aromatic ring is 1. The lowest BCUT2D eigenvalue weighted by Crippen LogP contribution is -1.91. The Labute approximate surface area is 131 Å². The number of anilines is 1. The van der Waals surface area contributed by atoms with E-state index in [1.165, 1.54) is 0 Å². The van der Waals surface area contributed by atoms with E-state index in [2.05, 4.69) is 10.1 Å². The number of hydrogen-bond donors (Lipinski definition) is 1. The summed E-state index contributed by atoms with van der Waals surface area (Å²) in [6, 6.07) is 10.7. The highest BCUT2D eigenvalue weighted by Gasteiger charge is 2.14. The lowest BCUT2D eigenvalue weighted by Gasteiger charge is -2.01. The number of aryl methyl sites for hydroxylation is 1. The van der Waals surface area contributed by atoms with Gasteiger partial charge in [0.1, 0.15) is 0 Å². The molecule has 0 fully saturated rings. The second kappa shape index (κ2) is 5.39. The van der Waals surface area contributed by atoms with Crippen molar-refractivity contribution in [1.82, 2.24) is 10.1 Å². The quantitative estimate of drug-likeness (QED) is 0.701. The summed E-state index contributed by atoms with van der Waals surface area (Å²) in [6.07, 6.45) is 0. The highest BCUT2D eigenvalue weighted by atomic mass is 35.5. The van der Waals surface area contributed by atoms with Gasteiger partial charge in [0.2, 0.25) is 5.82 Å². The summed E-state index contributed by atoms with van der Waals surface area (Å²) >= 11 is 12.0. The molecule has 1 heterocycles. The van der Waals surface area contributed by atoms with E-state index in [-0.39, 0.29) is 0 Å². The first-order valence-electron chi connectivity index (χ1n) is 6.19. The van der Waals surface area contributed by atoms with Gasteiger partial charge in [-0.3, -0.25) is 0 Å². The summed E-state index contributed by atoms with van der Waals surface area (Å²) in [5, 5.41) is 4.98. The highest BCUT2D eigenvalue weighted by Crippen LogP contribution is 2.29. The van der Waals surface area contributed by atoms with Gasteiger partial charge in [-0.1, -0.05) is 40.0 Å². The molecular weight excluding hydrogens is 309 g/mol. The Hall–Kier alpha value is -2.04. The number of nitrogens with zero attached hydrogens (tertiary/aromatic N) is 2. The second-order valence-electron chi connectivity index (χ2n) is 4.67. The predicted molar refractivity (Wildman–Crippen MR) is 84.3 cm³/mol. The van der Waals surface area contributed by atoms with Crippen LogP contribution >= 0.6 is 23.2 Å². The maximum Gasteiger partial charge on any atom is 0.260 e. The van der Waals surface area contributed by atoms with Crippen molar-refractivity contribution >= 4 is 28.9 Å². The van der Waals surface area contributed by atoms with E-state index in [0.29, 0.717) is 38.6 Å². The summed E-state index contributed by atoms with van der Waals surface area (Å²) < 4.78 is 5.29. The van der Waals surface area contributed by atoms with Crippen molar-refractivity contribution < 1.29 is 4.52 Å². The van der Waals surface area contributed by atoms with Gasteiger partial charge in [0.15, 0.2) is 0 Å². The summed E-state index contributed by atoms with van der Waals surface area (Å²) in [5.41, 5.74) is 8.99. The van der Waals surface area contributed by atoms with Crippen molar-refractivity contribution in [2.24, 2.45) is 0 Å². The maximum absolute atomic E-state index is 5.98. The molecule has 0 bridgehead atoms. The molecule has 0 aliphatic carbocycles. The minimum Gasteiger partial charge on any atom is -0.398 e. The van der Waals surface area contributed by atoms with E-state index in [1.54, 1.807) is 18.2 Å². The van der Waals surface area contributed by atoms with Gasteiger partial charge >= 0.3 is 0 Å². The number of nitrogens with two attached hydrogens (primary N) is 1. The zero-order valence-electron chi connectivity index (χ0n) is 11.1. The molecule has 0 spiro atoms. The fourth-order valence-corrected chi connectivity index (χ4v) is 2.51. The Balaban J connectivity index is 2.05. The van der Waals surface area contributed by atoms with Gasteiger partial charge in [-0.25, -0.2) is 0 Å². The predicted octanol–water partition coefficient (Wildman–Crippen LogP) is 4.60. The average molecular weight is 320 g/mol. The largest absolute Gasteiger partial charge is 0.398 e. The summed E-state index contributed by atoms with van der Waals surface area (Å²) in [4.78, 5) is 4.36. The van der Waals surface area contributed by atoms with Crippen LogP contribution in [0.5, 0.6) is 0 Å². The fourth-order valence-electron chi connectivity index (χ4n) is 1.99. The third-order valence-corrected chi connectivity index (χ3v) is 3.42. The highest BCUT2D eigenvalue weighted by molar-refractivity contribution is 6.35. The summed E-state index contributed by atoms with van der Waals surface area (Å²) in [5.74, 6) is 0.776. The molecule has 0 saturated heterocycles. The molecule has 0 amide bonds. The van der Waals surface area contributed by atoms with E-state index < -0.39 is 0 Å². The van der Waals surface area contributed by atoms with Crippen LogP contribution in [-0.2, 0) is 0 Å². The van der Waals surface area contributed by atoms with Gasteiger partial charge in [-0.05, 0) is 37.3 Å². The molecule has 3 aromatic rings. The lowest BCUT2D eigenvalue weighted by atomic mass is 10.1. The van der Waals surface area contributed by atoms with Gasteiger partial charge in [0.25, 0.3) is 5.89 Å². The van der Waals surface area contributed by atoms with E-state index >= 15 is 0 Å². The average Bonchev–Trinajstić information content (AvgIpc) is 2.90. The van der Waals surface area contributed by atoms with Gasteiger partial charge in [0.05, 0.1) is 5.56 Å². The number of rotatable bonds is 2. The van der Waals surface area contributed by atoms with Gasteiger partial charge in [0, 0.05) is 21.3 Å². The number of aromatic nitrogens is 2. The van der Waals surface area contributed by atoms with Crippen molar-refractivity contribution in [2.75, 3.05) is 5.73 Å². The molecular formula is C15H11Cl2N3O. The first-order chi connectivity index (χ1) is 10.0. The minimum atomic E-state index is 0.363. The molecule has 0 radical (unpaired) electrons. The third kappa shape index (κ3) is 2.86. The van der Waals surface area contributed by atoms with E-state index in [0.717, 1.165) is 5.56 Å². The fraction of sp³-hybridized carbons (Fsp3) is 0.0667. The van der Waals surface area contributed by atoms with Crippen LogP contribution in [0.1, 0.15) is 5.56 Å². The van der Waals surface area contributed by atoms with Crippen molar-refractivity contribution in [3.63, 3.8) is 0 Å². The molecule has 4 nitrogen and oxygen atoms in total. The van der Waals surface area contributed by atoms with Gasteiger partial charge < -0.3 is 10.3 Å². The number of halogens is 2. The zero-order chi connectivity index (χ0) is 15.0. The van der Waals surface area contributed by atoms with Crippen molar-refractivity contribution in [2.45, 2.75) is 6.92 Å². The molecule has 2 N–H and O–H groups in total. The van der Waals surface area contributed by atoms with E-state index in [4.69, 9.17) is 33.5 Å². The molecule has 0 atom stereocenters. The first-order valence-corrected chi connectivity index (χ1v) is 6.95. The molecule has 0 saturated carbocycles. The molecule has 106 valence electrons. The van der Waals surface area contributed by atoms with E-state index in [1.807, 2.05) is 25.1 Å². The molecule has 6 heteroatoms. The van der Waals surface area contributed by atoms with E-state index in [9.17, 15) is 0 Å².